The lowest BCUT2D eigenvalue weighted by molar-refractivity contribution is -0.120. The third-order valence-electron chi connectivity index (χ3n) is 4.72. The molecule has 3 aromatic rings. The summed E-state index contributed by atoms with van der Waals surface area (Å²) in [5, 5.41) is 3.91. The summed E-state index contributed by atoms with van der Waals surface area (Å²) in [5.41, 5.74) is 3.95. The predicted octanol–water partition coefficient (Wildman–Crippen LogP) is 4.66. The van der Waals surface area contributed by atoms with Crippen molar-refractivity contribution >= 4 is 29.1 Å². The molecule has 6 heteroatoms. The van der Waals surface area contributed by atoms with E-state index in [9.17, 15) is 4.79 Å². The van der Waals surface area contributed by atoms with Crippen LogP contribution in [0.2, 0.25) is 10.0 Å². The number of hydrogen-bond donors (Lipinski definition) is 1. The number of nitrogens with one attached hydrogen (secondary N) is 1. The summed E-state index contributed by atoms with van der Waals surface area (Å²) in [7, 11) is 0. The van der Waals surface area contributed by atoms with Gasteiger partial charge in [-0.25, -0.2) is 4.98 Å². The molecule has 1 aliphatic heterocycles. The standard InChI is InChI=1S/C21H19Cl2N3O/c22-17-7-6-14(10-18(17)23)11-21(27)24-12-15-3-1-4-16(9-15)19-13-26-8-2-5-20(26)25-19/h1,3-4,6-7,9-10,13H,2,5,8,11-12H2,(H,24,27). The quantitative estimate of drug-likeness (QED) is 0.677. The van der Waals surface area contributed by atoms with Crippen molar-refractivity contribution in [3.05, 3.63) is 75.7 Å². The van der Waals surface area contributed by atoms with Gasteiger partial charge in [0.2, 0.25) is 5.91 Å². The van der Waals surface area contributed by atoms with E-state index in [1.165, 1.54) is 6.42 Å². The van der Waals surface area contributed by atoms with E-state index in [0.29, 0.717) is 16.6 Å². The maximum Gasteiger partial charge on any atom is 0.224 e. The Kier molecular flexibility index (Phi) is 5.19. The smallest absolute Gasteiger partial charge is 0.224 e. The monoisotopic (exact) mass is 399 g/mol. The highest BCUT2D eigenvalue weighted by Crippen LogP contribution is 2.24. The van der Waals surface area contributed by atoms with Gasteiger partial charge in [-0.05, 0) is 35.7 Å². The molecule has 0 saturated heterocycles. The van der Waals surface area contributed by atoms with Crippen molar-refractivity contribution in [1.82, 2.24) is 14.9 Å². The van der Waals surface area contributed by atoms with Crippen molar-refractivity contribution in [1.29, 1.82) is 0 Å². The maximum atomic E-state index is 12.2. The molecule has 1 amide bonds. The summed E-state index contributed by atoms with van der Waals surface area (Å²) in [6, 6.07) is 13.4. The zero-order valence-corrected chi connectivity index (χ0v) is 16.2. The van der Waals surface area contributed by atoms with Crippen LogP contribution in [0.15, 0.2) is 48.7 Å². The van der Waals surface area contributed by atoms with Crippen LogP contribution in [0.25, 0.3) is 11.3 Å². The molecule has 4 rings (SSSR count). The van der Waals surface area contributed by atoms with Crippen molar-refractivity contribution < 1.29 is 4.79 Å². The number of nitrogens with zero attached hydrogens (tertiary/aromatic N) is 2. The summed E-state index contributed by atoms with van der Waals surface area (Å²) in [6.07, 6.45) is 4.60. The van der Waals surface area contributed by atoms with E-state index in [1.54, 1.807) is 12.1 Å². The molecule has 0 spiro atoms. The molecule has 0 saturated carbocycles. The number of amides is 1. The first-order chi connectivity index (χ1) is 13.1. The van der Waals surface area contributed by atoms with Crippen LogP contribution in [0.4, 0.5) is 0 Å². The number of hydrogen-bond acceptors (Lipinski definition) is 2. The number of imidazole rings is 1. The zero-order chi connectivity index (χ0) is 18.8. The Morgan fingerprint density at radius 2 is 2.00 bits per heavy atom. The number of benzene rings is 2. The number of carbonyl (C=O) groups is 1. The fourth-order valence-corrected chi connectivity index (χ4v) is 3.65. The van der Waals surface area contributed by atoms with E-state index in [-0.39, 0.29) is 12.3 Å². The van der Waals surface area contributed by atoms with E-state index in [1.807, 2.05) is 18.2 Å². The molecule has 4 nitrogen and oxygen atoms in total. The average molecular weight is 400 g/mol. The van der Waals surface area contributed by atoms with Gasteiger partial charge < -0.3 is 9.88 Å². The first kappa shape index (κ1) is 18.1. The van der Waals surface area contributed by atoms with Crippen molar-refractivity contribution in [3.63, 3.8) is 0 Å². The fraction of sp³-hybridized carbons (Fsp3) is 0.238. The van der Waals surface area contributed by atoms with E-state index in [0.717, 1.165) is 41.2 Å². The Morgan fingerprint density at radius 3 is 2.81 bits per heavy atom. The Balaban J connectivity index is 1.39. The molecule has 138 valence electrons. The summed E-state index contributed by atoms with van der Waals surface area (Å²) >= 11 is 11.9. The lowest BCUT2D eigenvalue weighted by atomic mass is 10.1. The van der Waals surface area contributed by atoms with Gasteiger partial charge in [-0.1, -0.05) is 47.5 Å². The van der Waals surface area contributed by atoms with Crippen LogP contribution in [0.3, 0.4) is 0 Å². The molecule has 0 fully saturated rings. The molecule has 2 heterocycles. The van der Waals surface area contributed by atoms with Gasteiger partial charge in [-0.15, -0.1) is 0 Å². The molecular formula is C21H19Cl2N3O. The number of halogens is 2. The van der Waals surface area contributed by atoms with Crippen molar-refractivity contribution in [2.24, 2.45) is 0 Å². The first-order valence-electron chi connectivity index (χ1n) is 8.94. The Hall–Kier alpha value is -2.30. The van der Waals surface area contributed by atoms with Crippen LogP contribution >= 0.6 is 23.2 Å². The molecule has 1 aliphatic rings. The molecule has 0 bridgehead atoms. The van der Waals surface area contributed by atoms with Crippen molar-refractivity contribution in [2.45, 2.75) is 32.4 Å². The second-order valence-corrected chi connectivity index (χ2v) is 7.56. The van der Waals surface area contributed by atoms with Crippen LogP contribution in [0.1, 0.15) is 23.4 Å². The Bertz CT molecular complexity index is 975. The fourth-order valence-electron chi connectivity index (χ4n) is 3.33. The van der Waals surface area contributed by atoms with Gasteiger partial charge in [0.25, 0.3) is 0 Å². The topological polar surface area (TPSA) is 46.9 Å². The summed E-state index contributed by atoms with van der Waals surface area (Å²) < 4.78 is 2.22. The Labute approximate surface area is 168 Å². The van der Waals surface area contributed by atoms with E-state index in [4.69, 9.17) is 28.2 Å². The van der Waals surface area contributed by atoms with Gasteiger partial charge >= 0.3 is 0 Å². The summed E-state index contributed by atoms with van der Waals surface area (Å²) in [5.74, 6) is 1.10. The molecular weight excluding hydrogens is 381 g/mol. The second-order valence-electron chi connectivity index (χ2n) is 6.74. The number of fused-ring (bicyclic) bond motifs is 1. The number of rotatable bonds is 5. The van der Waals surface area contributed by atoms with Crippen LogP contribution in [-0.4, -0.2) is 15.5 Å². The molecule has 0 atom stereocenters. The number of aromatic nitrogens is 2. The van der Waals surface area contributed by atoms with Crippen LogP contribution in [-0.2, 0) is 30.7 Å². The van der Waals surface area contributed by atoms with Gasteiger partial charge in [0.15, 0.2) is 0 Å². The highest BCUT2D eigenvalue weighted by molar-refractivity contribution is 6.42. The molecule has 1 aromatic heterocycles. The van der Waals surface area contributed by atoms with Gasteiger partial charge in [-0.2, -0.15) is 0 Å². The van der Waals surface area contributed by atoms with Crippen molar-refractivity contribution in [3.8, 4) is 11.3 Å². The predicted molar refractivity (Wildman–Crippen MR) is 108 cm³/mol. The lowest BCUT2D eigenvalue weighted by Gasteiger charge is -2.07. The third kappa shape index (κ3) is 4.18. The third-order valence-corrected chi connectivity index (χ3v) is 5.46. The maximum absolute atomic E-state index is 12.2. The van der Waals surface area contributed by atoms with E-state index >= 15 is 0 Å². The van der Waals surface area contributed by atoms with Crippen LogP contribution in [0, 0.1) is 0 Å². The molecule has 27 heavy (non-hydrogen) atoms. The highest BCUT2D eigenvalue weighted by Gasteiger charge is 2.14. The van der Waals surface area contributed by atoms with Crippen molar-refractivity contribution in [2.75, 3.05) is 0 Å². The molecule has 0 unspecified atom stereocenters. The SMILES string of the molecule is O=C(Cc1ccc(Cl)c(Cl)c1)NCc1cccc(-c2cn3c(n2)CCC3)c1. The van der Waals surface area contributed by atoms with Crippen LogP contribution < -0.4 is 5.32 Å². The van der Waals surface area contributed by atoms with Gasteiger partial charge in [0, 0.05) is 31.3 Å². The molecule has 1 N–H and O–H groups in total. The van der Waals surface area contributed by atoms with Crippen LogP contribution in [0.5, 0.6) is 0 Å². The summed E-state index contributed by atoms with van der Waals surface area (Å²) in [6.45, 7) is 1.52. The largest absolute Gasteiger partial charge is 0.352 e. The zero-order valence-electron chi connectivity index (χ0n) is 14.7. The van der Waals surface area contributed by atoms with Gasteiger partial charge in [0.1, 0.15) is 5.82 Å². The van der Waals surface area contributed by atoms with Gasteiger partial charge in [-0.3, -0.25) is 4.79 Å². The summed E-state index contributed by atoms with van der Waals surface area (Å²) in [4.78, 5) is 16.9. The molecule has 2 aromatic carbocycles. The van der Waals surface area contributed by atoms with E-state index < -0.39 is 0 Å². The highest BCUT2D eigenvalue weighted by atomic mass is 35.5. The average Bonchev–Trinajstić information content (AvgIpc) is 3.25. The Morgan fingerprint density at radius 1 is 1.11 bits per heavy atom. The van der Waals surface area contributed by atoms with E-state index in [2.05, 4.69) is 28.2 Å². The minimum absolute atomic E-state index is 0.0558. The second kappa shape index (κ2) is 7.75. The minimum Gasteiger partial charge on any atom is -0.352 e. The first-order valence-corrected chi connectivity index (χ1v) is 9.70. The van der Waals surface area contributed by atoms with Gasteiger partial charge in [0.05, 0.1) is 22.2 Å². The number of carbonyl (C=O) groups excluding carboxylic acids is 1. The minimum atomic E-state index is -0.0558. The normalized spacial score (nSPS) is 12.8. The molecule has 0 aliphatic carbocycles. The molecule has 0 radical (unpaired) electrons. The number of aryl methyl sites for hydroxylation is 2. The lowest BCUT2D eigenvalue weighted by Crippen LogP contribution is -2.24.